The topological polar surface area (TPSA) is 41.3 Å². The monoisotopic (exact) mass is 207 g/mol. The van der Waals surface area contributed by atoms with Crippen LogP contribution in [0.1, 0.15) is 25.0 Å². The van der Waals surface area contributed by atoms with Crippen LogP contribution in [-0.2, 0) is 6.54 Å². The lowest BCUT2D eigenvalue weighted by Gasteiger charge is -2.20. The van der Waals surface area contributed by atoms with Crippen LogP contribution in [0, 0.1) is 0 Å². The van der Waals surface area contributed by atoms with Gasteiger partial charge in [0.25, 0.3) is 0 Å². The molecule has 15 heavy (non-hydrogen) atoms. The van der Waals surface area contributed by atoms with E-state index < -0.39 is 0 Å². The molecule has 2 aliphatic rings. The van der Waals surface area contributed by atoms with Gasteiger partial charge in [-0.2, -0.15) is 0 Å². The van der Waals surface area contributed by atoms with E-state index in [-0.39, 0.29) is 0 Å². The summed E-state index contributed by atoms with van der Waals surface area (Å²) in [7, 11) is 0. The number of hydrogen-bond donors (Lipinski definition) is 1. The Morgan fingerprint density at radius 2 is 2.47 bits per heavy atom. The number of nitrogens with one attached hydrogen (secondary N) is 1. The van der Waals surface area contributed by atoms with Crippen molar-refractivity contribution in [3.63, 3.8) is 0 Å². The van der Waals surface area contributed by atoms with Gasteiger partial charge in [-0.3, -0.25) is 4.90 Å². The van der Waals surface area contributed by atoms with Crippen LogP contribution < -0.4 is 5.32 Å². The van der Waals surface area contributed by atoms with Crippen LogP contribution >= 0.6 is 0 Å². The van der Waals surface area contributed by atoms with Crippen LogP contribution in [-0.4, -0.2) is 35.2 Å². The zero-order valence-corrected chi connectivity index (χ0v) is 8.85. The number of aromatic nitrogens is 1. The van der Waals surface area contributed by atoms with Crippen molar-refractivity contribution in [2.75, 3.05) is 13.1 Å². The highest BCUT2D eigenvalue weighted by atomic mass is 16.5. The molecule has 3 heterocycles. The summed E-state index contributed by atoms with van der Waals surface area (Å²) in [4.78, 5) is 2.61. The standard InChI is InChI=1S/C11H17N3O/c1-2-11-10(3-6-14(11)5-1)12-8-9-4-7-15-13-9/h4,7,10-12H,1-3,5-6,8H2. The minimum absolute atomic E-state index is 0.657. The summed E-state index contributed by atoms with van der Waals surface area (Å²) in [6.07, 6.45) is 5.64. The van der Waals surface area contributed by atoms with Gasteiger partial charge in [0.15, 0.2) is 0 Å². The first-order chi connectivity index (χ1) is 7.43. The summed E-state index contributed by atoms with van der Waals surface area (Å²) in [6, 6.07) is 3.36. The molecule has 4 heteroatoms. The molecule has 1 N–H and O–H groups in total. The Bertz CT molecular complexity index is 312. The van der Waals surface area contributed by atoms with Gasteiger partial charge in [0.1, 0.15) is 6.26 Å². The molecule has 0 spiro atoms. The summed E-state index contributed by atoms with van der Waals surface area (Å²) in [5.74, 6) is 0. The predicted molar refractivity (Wildman–Crippen MR) is 56.3 cm³/mol. The molecule has 0 aromatic carbocycles. The second kappa shape index (κ2) is 3.94. The maximum Gasteiger partial charge on any atom is 0.124 e. The Balaban J connectivity index is 1.55. The van der Waals surface area contributed by atoms with Crippen molar-refractivity contribution in [1.82, 2.24) is 15.4 Å². The Labute approximate surface area is 89.6 Å². The summed E-state index contributed by atoms with van der Waals surface area (Å²) in [5.41, 5.74) is 1.01. The molecular formula is C11H17N3O. The third kappa shape index (κ3) is 1.79. The second-order valence-corrected chi connectivity index (χ2v) is 4.51. The number of hydrogen-bond acceptors (Lipinski definition) is 4. The van der Waals surface area contributed by atoms with Gasteiger partial charge in [-0.1, -0.05) is 5.16 Å². The first-order valence-corrected chi connectivity index (χ1v) is 5.80. The van der Waals surface area contributed by atoms with Crippen molar-refractivity contribution in [3.05, 3.63) is 18.0 Å². The van der Waals surface area contributed by atoms with Crippen LogP contribution in [0.3, 0.4) is 0 Å². The molecule has 1 aromatic rings. The van der Waals surface area contributed by atoms with E-state index in [4.69, 9.17) is 4.52 Å². The van der Waals surface area contributed by atoms with Crippen LogP contribution in [0.2, 0.25) is 0 Å². The maximum absolute atomic E-state index is 4.82. The quantitative estimate of drug-likeness (QED) is 0.803. The number of rotatable bonds is 3. The molecule has 2 fully saturated rings. The van der Waals surface area contributed by atoms with E-state index >= 15 is 0 Å². The highest BCUT2D eigenvalue weighted by Crippen LogP contribution is 2.27. The molecule has 82 valence electrons. The normalized spacial score (nSPS) is 30.9. The number of fused-ring (bicyclic) bond motifs is 1. The van der Waals surface area contributed by atoms with Gasteiger partial charge in [-0.05, 0) is 25.8 Å². The fourth-order valence-corrected chi connectivity index (χ4v) is 2.88. The lowest BCUT2D eigenvalue weighted by molar-refractivity contribution is 0.297. The Morgan fingerprint density at radius 3 is 3.33 bits per heavy atom. The summed E-state index contributed by atoms with van der Waals surface area (Å²) in [6.45, 7) is 3.40. The zero-order chi connectivity index (χ0) is 10.1. The third-order valence-electron chi connectivity index (χ3n) is 3.64. The highest BCUT2D eigenvalue weighted by molar-refractivity contribution is 4.99. The molecule has 3 rings (SSSR count). The van der Waals surface area contributed by atoms with Gasteiger partial charge in [-0.15, -0.1) is 0 Å². The second-order valence-electron chi connectivity index (χ2n) is 4.51. The van der Waals surface area contributed by atoms with E-state index in [1.54, 1.807) is 6.26 Å². The van der Waals surface area contributed by atoms with E-state index in [2.05, 4.69) is 15.4 Å². The molecule has 0 radical (unpaired) electrons. The summed E-state index contributed by atoms with van der Waals surface area (Å²) < 4.78 is 4.82. The summed E-state index contributed by atoms with van der Waals surface area (Å²) in [5, 5.41) is 7.50. The SMILES string of the molecule is c1cc(CNC2CCN3CCCC23)no1. The van der Waals surface area contributed by atoms with Crippen LogP contribution in [0.4, 0.5) is 0 Å². The minimum atomic E-state index is 0.657. The van der Waals surface area contributed by atoms with Crippen LogP contribution in [0.5, 0.6) is 0 Å². The van der Waals surface area contributed by atoms with Gasteiger partial charge in [-0.25, -0.2) is 0 Å². The molecule has 2 aliphatic heterocycles. The molecule has 0 saturated carbocycles. The van der Waals surface area contributed by atoms with Crippen molar-refractivity contribution in [3.8, 4) is 0 Å². The van der Waals surface area contributed by atoms with Crippen molar-refractivity contribution >= 4 is 0 Å². The number of nitrogens with zero attached hydrogens (tertiary/aromatic N) is 2. The average Bonchev–Trinajstić information content (AvgIpc) is 2.93. The molecular weight excluding hydrogens is 190 g/mol. The smallest absolute Gasteiger partial charge is 0.124 e. The first-order valence-electron chi connectivity index (χ1n) is 5.80. The molecule has 0 amide bonds. The van der Waals surface area contributed by atoms with Crippen molar-refractivity contribution in [2.24, 2.45) is 0 Å². The van der Waals surface area contributed by atoms with Crippen LogP contribution in [0.25, 0.3) is 0 Å². The zero-order valence-electron chi connectivity index (χ0n) is 8.85. The minimum Gasteiger partial charge on any atom is -0.364 e. The molecule has 4 nitrogen and oxygen atoms in total. The molecule has 0 aliphatic carbocycles. The van der Waals surface area contributed by atoms with E-state index in [0.717, 1.165) is 18.3 Å². The Kier molecular flexibility index (Phi) is 2.46. The van der Waals surface area contributed by atoms with E-state index in [0.29, 0.717) is 6.04 Å². The predicted octanol–water partition coefficient (Wildman–Crippen LogP) is 1.00. The molecule has 2 atom stereocenters. The molecule has 1 aromatic heterocycles. The summed E-state index contributed by atoms with van der Waals surface area (Å²) >= 11 is 0. The molecule has 0 bridgehead atoms. The lowest BCUT2D eigenvalue weighted by Crippen LogP contribution is -2.38. The van der Waals surface area contributed by atoms with E-state index in [9.17, 15) is 0 Å². The van der Waals surface area contributed by atoms with Crippen molar-refractivity contribution in [2.45, 2.75) is 37.9 Å². The Hall–Kier alpha value is -0.870. The van der Waals surface area contributed by atoms with Gasteiger partial charge in [0, 0.05) is 31.2 Å². The van der Waals surface area contributed by atoms with Crippen molar-refractivity contribution in [1.29, 1.82) is 0 Å². The molecule has 2 saturated heterocycles. The highest BCUT2D eigenvalue weighted by Gasteiger charge is 2.36. The fraction of sp³-hybridized carbons (Fsp3) is 0.727. The lowest BCUT2D eigenvalue weighted by atomic mass is 10.1. The fourth-order valence-electron chi connectivity index (χ4n) is 2.88. The maximum atomic E-state index is 4.82. The van der Waals surface area contributed by atoms with Gasteiger partial charge in [0.2, 0.25) is 0 Å². The van der Waals surface area contributed by atoms with Crippen molar-refractivity contribution < 1.29 is 4.52 Å². The van der Waals surface area contributed by atoms with E-state index in [1.807, 2.05) is 6.07 Å². The van der Waals surface area contributed by atoms with Gasteiger partial charge < -0.3 is 9.84 Å². The Morgan fingerprint density at radius 1 is 1.47 bits per heavy atom. The van der Waals surface area contributed by atoms with Gasteiger partial charge in [0.05, 0.1) is 5.69 Å². The first kappa shape index (κ1) is 9.36. The largest absolute Gasteiger partial charge is 0.364 e. The van der Waals surface area contributed by atoms with Crippen LogP contribution in [0.15, 0.2) is 16.9 Å². The van der Waals surface area contributed by atoms with E-state index in [1.165, 1.54) is 32.4 Å². The molecule has 2 unspecified atom stereocenters. The third-order valence-corrected chi connectivity index (χ3v) is 3.64. The average molecular weight is 207 g/mol. The van der Waals surface area contributed by atoms with Gasteiger partial charge >= 0.3 is 0 Å².